The molecule has 1 aliphatic rings. The fourth-order valence-corrected chi connectivity index (χ4v) is 4.52. The van der Waals surface area contributed by atoms with E-state index < -0.39 is 0 Å². The molecule has 188 valence electrons. The first-order valence-corrected chi connectivity index (χ1v) is 12.5. The van der Waals surface area contributed by atoms with Crippen LogP contribution in [0.2, 0.25) is 5.02 Å². The maximum atomic E-state index is 13.0. The lowest BCUT2D eigenvalue weighted by Gasteiger charge is -2.34. The molecule has 7 nitrogen and oxygen atoms in total. The Bertz CT molecular complexity index is 1180. The van der Waals surface area contributed by atoms with Crippen LogP contribution in [-0.2, 0) is 6.42 Å². The Hall–Kier alpha value is -3.71. The lowest BCUT2D eigenvalue weighted by atomic mass is 10.0. The van der Waals surface area contributed by atoms with Gasteiger partial charge in [0.2, 0.25) is 0 Å². The highest BCUT2D eigenvalue weighted by Gasteiger charge is 2.23. The summed E-state index contributed by atoms with van der Waals surface area (Å²) in [5.74, 6) is 0.734. The number of urea groups is 1. The van der Waals surface area contributed by atoms with Crippen molar-refractivity contribution in [2.24, 2.45) is 0 Å². The normalized spacial score (nSPS) is 13.7. The van der Waals surface area contributed by atoms with Crippen molar-refractivity contribution in [2.75, 3.05) is 37.0 Å². The van der Waals surface area contributed by atoms with Crippen molar-refractivity contribution in [3.8, 4) is 5.75 Å². The highest BCUT2D eigenvalue weighted by molar-refractivity contribution is 6.30. The zero-order valence-electron chi connectivity index (χ0n) is 20.3. The van der Waals surface area contributed by atoms with E-state index in [1.165, 1.54) is 0 Å². The number of hydrogen-bond donors (Lipinski definition) is 3. The number of halogens is 1. The van der Waals surface area contributed by atoms with E-state index in [0.29, 0.717) is 22.8 Å². The molecule has 1 heterocycles. The zero-order valence-corrected chi connectivity index (χ0v) is 21.1. The van der Waals surface area contributed by atoms with Gasteiger partial charge in [-0.1, -0.05) is 41.9 Å². The van der Waals surface area contributed by atoms with Gasteiger partial charge in [0.15, 0.2) is 0 Å². The van der Waals surface area contributed by atoms with Gasteiger partial charge in [0.25, 0.3) is 5.91 Å². The first-order valence-electron chi connectivity index (χ1n) is 12.1. The van der Waals surface area contributed by atoms with E-state index in [4.69, 9.17) is 16.3 Å². The first kappa shape index (κ1) is 25.4. The van der Waals surface area contributed by atoms with E-state index in [1.54, 1.807) is 31.4 Å². The van der Waals surface area contributed by atoms with Crippen LogP contribution in [0.4, 0.5) is 16.2 Å². The predicted molar refractivity (Wildman–Crippen MR) is 144 cm³/mol. The number of carbonyl (C=O) groups excluding carboxylic acids is 2. The molecule has 3 N–H and O–H groups in total. The van der Waals surface area contributed by atoms with Gasteiger partial charge in [0.05, 0.1) is 12.7 Å². The highest BCUT2D eigenvalue weighted by atomic mass is 35.5. The van der Waals surface area contributed by atoms with Crippen molar-refractivity contribution in [1.82, 2.24) is 10.6 Å². The number of methoxy groups -OCH3 is 1. The number of nitrogens with zero attached hydrogens (tertiary/aromatic N) is 1. The van der Waals surface area contributed by atoms with Crippen LogP contribution in [0, 0.1) is 0 Å². The molecule has 0 aliphatic carbocycles. The Morgan fingerprint density at radius 2 is 1.75 bits per heavy atom. The molecule has 0 unspecified atom stereocenters. The van der Waals surface area contributed by atoms with Crippen LogP contribution in [0.1, 0.15) is 28.8 Å². The summed E-state index contributed by atoms with van der Waals surface area (Å²) in [6.45, 7) is 2.05. The summed E-state index contributed by atoms with van der Waals surface area (Å²) in [5.41, 5.74) is 3.38. The molecule has 0 aromatic heterocycles. The third-order valence-corrected chi connectivity index (χ3v) is 6.50. The summed E-state index contributed by atoms with van der Waals surface area (Å²) < 4.78 is 5.19. The average molecular weight is 507 g/mol. The van der Waals surface area contributed by atoms with E-state index >= 15 is 0 Å². The largest absolute Gasteiger partial charge is 0.497 e. The van der Waals surface area contributed by atoms with Crippen LogP contribution >= 0.6 is 11.6 Å². The zero-order chi connectivity index (χ0) is 25.3. The Morgan fingerprint density at radius 3 is 2.47 bits per heavy atom. The molecule has 0 radical (unpaired) electrons. The van der Waals surface area contributed by atoms with Crippen LogP contribution in [-0.4, -0.2) is 44.7 Å². The molecule has 1 saturated heterocycles. The maximum absolute atomic E-state index is 13.0. The fourth-order valence-electron chi connectivity index (χ4n) is 4.33. The summed E-state index contributed by atoms with van der Waals surface area (Å²) in [6, 6.07) is 22.4. The van der Waals surface area contributed by atoms with Crippen molar-refractivity contribution in [1.29, 1.82) is 0 Å². The Balaban J connectivity index is 1.27. The van der Waals surface area contributed by atoms with Crippen molar-refractivity contribution in [3.05, 3.63) is 88.9 Å². The van der Waals surface area contributed by atoms with Crippen LogP contribution in [0.3, 0.4) is 0 Å². The molecule has 8 heteroatoms. The van der Waals surface area contributed by atoms with Crippen molar-refractivity contribution < 1.29 is 14.3 Å². The van der Waals surface area contributed by atoms with Gasteiger partial charge < -0.3 is 25.6 Å². The van der Waals surface area contributed by atoms with Gasteiger partial charge in [-0.3, -0.25) is 4.79 Å². The number of hydrogen-bond acceptors (Lipinski definition) is 4. The number of piperidine rings is 1. The Labute approximate surface area is 216 Å². The summed E-state index contributed by atoms with van der Waals surface area (Å²) >= 11 is 5.99. The number of amides is 3. The molecule has 0 atom stereocenters. The van der Waals surface area contributed by atoms with Crippen molar-refractivity contribution >= 4 is 34.9 Å². The Kier molecular flexibility index (Phi) is 8.68. The number of rotatable bonds is 8. The minimum atomic E-state index is -0.243. The highest BCUT2D eigenvalue weighted by Crippen LogP contribution is 2.24. The lowest BCUT2D eigenvalue weighted by Crippen LogP contribution is -2.46. The SMILES string of the molecule is COc1ccc(CCNC(=O)c2ccccc2N2CCC(NC(=O)Nc3cccc(Cl)c3)CC2)cc1. The maximum Gasteiger partial charge on any atom is 0.319 e. The van der Waals surface area contributed by atoms with Gasteiger partial charge in [-0.25, -0.2) is 4.79 Å². The topological polar surface area (TPSA) is 82.7 Å². The van der Waals surface area contributed by atoms with Crippen molar-refractivity contribution in [2.45, 2.75) is 25.3 Å². The van der Waals surface area contributed by atoms with E-state index in [-0.39, 0.29) is 18.0 Å². The molecule has 4 rings (SSSR count). The smallest absolute Gasteiger partial charge is 0.319 e. The second-order valence-electron chi connectivity index (χ2n) is 8.74. The number of carbonyl (C=O) groups is 2. The number of anilines is 2. The Morgan fingerprint density at radius 1 is 1.00 bits per heavy atom. The average Bonchev–Trinajstić information content (AvgIpc) is 2.89. The van der Waals surface area contributed by atoms with Gasteiger partial charge in [-0.05, 0) is 67.3 Å². The third-order valence-electron chi connectivity index (χ3n) is 6.26. The molecule has 3 aromatic rings. The van der Waals surface area contributed by atoms with Crippen molar-refractivity contribution in [3.63, 3.8) is 0 Å². The molecule has 0 bridgehead atoms. The van der Waals surface area contributed by atoms with Gasteiger partial charge >= 0.3 is 6.03 Å². The first-order chi connectivity index (χ1) is 17.5. The summed E-state index contributed by atoms with van der Waals surface area (Å²) in [6.07, 6.45) is 2.32. The number of ether oxygens (including phenoxy) is 1. The van der Waals surface area contributed by atoms with Gasteiger partial charge in [0.1, 0.15) is 5.75 Å². The minimum absolute atomic E-state index is 0.0610. The molecule has 1 fully saturated rings. The monoisotopic (exact) mass is 506 g/mol. The molecule has 0 spiro atoms. The third kappa shape index (κ3) is 6.92. The van der Waals surface area contributed by atoms with Crippen LogP contribution in [0.25, 0.3) is 0 Å². The number of benzene rings is 3. The van der Waals surface area contributed by atoms with Gasteiger partial charge in [-0.2, -0.15) is 0 Å². The van der Waals surface area contributed by atoms with E-state index in [2.05, 4.69) is 20.9 Å². The second kappa shape index (κ2) is 12.3. The van der Waals surface area contributed by atoms with E-state index in [1.807, 2.05) is 48.5 Å². The number of nitrogens with one attached hydrogen (secondary N) is 3. The van der Waals surface area contributed by atoms with E-state index in [9.17, 15) is 9.59 Å². The van der Waals surface area contributed by atoms with Gasteiger partial charge in [0, 0.05) is 42.1 Å². The summed E-state index contributed by atoms with van der Waals surface area (Å²) in [5, 5.41) is 9.49. The quantitative estimate of drug-likeness (QED) is 0.396. The molecular formula is C28H31ClN4O3. The summed E-state index contributed by atoms with van der Waals surface area (Å²) in [7, 11) is 1.64. The van der Waals surface area contributed by atoms with Crippen LogP contribution < -0.4 is 25.6 Å². The molecule has 3 amide bonds. The predicted octanol–water partition coefficient (Wildman–Crippen LogP) is 5.11. The molecule has 1 aliphatic heterocycles. The summed E-state index contributed by atoms with van der Waals surface area (Å²) in [4.78, 5) is 27.6. The van der Waals surface area contributed by atoms with Crippen LogP contribution in [0.15, 0.2) is 72.8 Å². The second-order valence-corrected chi connectivity index (χ2v) is 9.18. The minimum Gasteiger partial charge on any atom is -0.497 e. The van der Waals surface area contributed by atoms with Crippen LogP contribution in [0.5, 0.6) is 5.75 Å². The molecule has 0 saturated carbocycles. The molecule has 36 heavy (non-hydrogen) atoms. The molecular weight excluding hydrogens is 476 g/mol. The fraction of sp³-hybridized carbons (Fsp3) is 0.286. The molecule has 3 aromatic carbocycles. The van der Waals surface area contributed by atoms with Gasteiger partial charge in [-0.15, -0.1) is 0 Å². The lowest BCUT2D eigenvalue weighted by molar-refractivity contribution is 0.0954. The standard InChI is InChI=1S/C28H31ClN4O3/c1-36-24-11-9-20(10-12-24)13-16-30-27(34)25-7-2-3-8-26(25)33-17-14-22(15-18-33)31-28(35)32-23-6-4-5-21(29)19-23/h2-12,19,22H,13-18H2,1H3,(H,30,34)(H2,31,32,35). The van der Waals surface area contributed by atoms with E-state index in [0.717, 1.165) is 49.4 Å². The number of para-hydroxylation sites is 1.